The van der Waals surface area contributed by atoms with E-state index in [2.05, 4.69) is 110 Å². The van der Waals surface area contributed by atoms with Crippen LogP contribution >= 0.6 is 0 Å². The molecule has 0 radical (unpaired) electrons. The van der Waals surface area contributed by atoms with Crippen LogP contribution in [0.5, 0.6) is 0 Å². The molecule has 0 aromatic heterocycles. The number of hydrogen-bond acceptors (Lipinski definition) is 1. The van der Waals surface area contributed by atoms with Crippen molar-refractivity contribution < 1.29 is 0 Å². The minimum Gasteiger partial charge on any atom is -0.355 e. The lowest BCUT2D eigenvalue weighted by Gasteiger charge is -2.62. The van der Waals surface area contributed by atoms with Gasteiger partial charge in [0.05, 0.1) is 11.6 Å². The highest BCUT2D eigenvalue weighted by atomic mass is 15.3. The van der Waals surface area contributed by atoms with Gasteiger partial charge in [-0.2, -0.15) is 0 Å². The fraction of sp³-hybridized carbons (Fsp3) is 0.481. The Morgan fingerprint density at radius 3 is 2.07 bits per heavy atom. The van der Waals surface area contributed by atoms with Crippen molar-refractivity contribution in [2.24, 2.45) is 5.41 Å². The molecule has 0 N–H and O–H groups in total. The Bertz CT molecular complexity index is 971. The van der Waals surface area contributed by atoms with Gasteiger partial charge in [-0.05, 0) is 62.3 Å². The number of nitrogens with zero attached hydrogens (tertiary/aromatic N) is 1. The molecule has 1 unspecified atom stereocenters. The van der Waals surface area contributed by atoms with E-state index in [9.17, 15) is 0 Å². The molecule has 0 fully saturated rings. The second-order valence-electron chi connectivity index (χ2n) is 10.4. The third kappa shape index (κ3) is 2.25. The van der Waals surface area contributed by atoms with Gasteiger partial charge in [0.15, 0.2) is 0 Å². The normalized spacial score (nSPS) is 27.2. The highest BCUT2D eigenvalue weighted by molar-refractivity contribution is 5.84. The molecule has 148 valence electrons. The summed E-state index contributed by atoms with van der Waals surface area (Å²) in [7, 11) is 0. The van der Waals surface area contributed by atoms with E-state index in [4.69, 9.17) is 0 Å². The number of benzene rings is 2. The molecular weight excluding hydrogens is 338 g/mol. The molecule has 2 aromatic carbocycles. The van der Waals surface area contributed by atoms with Crippen LogP contribution in [0.4, 0.5) is 5.69 Å². The third-order valence-corrected chi connectivity index (χ3v) is 8.31. The van der Waals surface area contributed by atoms with Crippen LogP contribution in [0.2, 0.25) is 0 Å². The molecule has 0 amide bonds. The topological polar surface area (TPSA) is 3.24 Å². The fourth-order valence-corrected chi connectivity index (χ4v) is 5.86. The molecule has 1 heteroatoms. The molecule has 2 aromatic rings. The van der Waals surface area contributed by atoms with Gasteiger partial charge in [0.2, 0.25) is 0 Å². The number of para-hydroxylation sites is 1. The second-order valence-corrected chi connectivity index (χ2v) is 10.4. The van der Waals surface area contributed by atoms with E-state index in [1.54, 1.807) is 0 Å². The van der Waals surface area contributed by atoms with Crippen molar-refractivity contribution in [2.75, 3.05) is 4.90 Å². The smallest absolute Gasteiger partial charge is 0.0628 e. The Balaban J connectivity index is 2.01. The van der Waals surface area contributed by atoms with Crippen molar-refractivity contribution >= 4 is 11.3 Å². The minimum atomic E-state index is -0.0397. The Hall–Kier alpha value is -2.02. The van der Waals surface area contributed by atoms with E-state index >= 15 is 0 Å². The molecule has 2 heterocycles. The quantitative estimate of drug-likeness (QED) is 0.521. The monoisotopic (exact) mass is 373 g/mol. The van der Waals surface area contributed by atoms with Crippen molar-refractivity contribution in [2.45, 2.75) is 79.3 Å². The lowest BCUT2D eigenvalue weighted by atomic mass is 9.52. The zero-order valence-corrected chi connectivity index (χ0v) is 19.1. The van der Waals surface area contributed by atoms with Gasteiger partial charge >= 0.3 is 0 Å². The summed E-state index contributed by atoms with van der Waals surface area (Å²) in [5.74, 6) is 0. The van der Waals surface area contributed by atoms with Gasteiger partial charge in [0, 0.05) is 11.1 Å². The van der Waals surface area contributed by atoms with Gasteiger partial charge < -0.3 is 4.90 Å². The number of rotatable bonds is 1. The molecule has 1 nitrogen and oxygen atoms in total. The molecule has 0 bridgehead atoms. The van der Waals surface area contributed by atoms with Gasteiger partial charge in [-0.15, -0.1) is 0 Å². The van der Waals surface area contributed by atoms with E-state index in [1.165, 1.54) is 39.1 Å². The van der Waals surface area contributed by atoms with Gasteiger partial charge in [-0.25, -0.2) is 0 Å². The summed E-state index contributed by atoms with van der Waals surface area (Å²) < 4.78 is 0. The molecule has 0 aliphatic carbocycles. The van der Waals surface area contributed by atoms with Crippen molar-refractivity contribution in [3.63, 3.8) is 0 Å². The first-order valence-electron chi connectivity index (χ1n) is 10.6. The number of anilines is 1. The highest BCUT2D eigenvalue weighted by Gasteiger charge is 2.61. The average molecular weight is 374 g/mol. The lowest BCUT2D eigenvalue weighted by Crippen LogP contribution is -2.64. The van der Waals surface area contributed by atoms with Crippen molar-refractivity contribution in [1.29, 1.82) is 0 Å². The summed E-state index contributed by atoms with van der Waals surface area (Å²) in [5, 5.41) is 0. The maximum absolute atomic E-state index is 2.72. The molecule has 0 spiro atoms. The van der Waals surface area contributed by atoms with Crippen LogP contribution in [0, 0.1) is 26.2 Å². The fourth-order valence-electron chi connectivity index (χ4n) is 5.86. The third-order valence-electron chi connectivity index (χ3n) is 8.31. The molecular formula is C27H35N. The first-order valence-corrected chi connectivity index (χ1v) is 10.6. The Kier molecular flexibility index (Phi) is 3.96. The summed E-state index contributed by atoms with van der Waals surface area (Å²) in [4.78, 5) is 2.72. The molecule has 0 saturated carbocycles. The predicted octanol–water partition coefficient (Wildman–Crippen LogP) is 6.98. The van der Waals surface area contributed by atoms with Crippen LogP contribution in [0.1, 0.15) is 69.4 Å². The maximum Gasteiger partial charge on any atom is 0.0628 e. The van der Waals surface area contributed by atoms with E-state index in [-0.39, 0.29) is 16.4 Å². The van der Waals surface area contributed by atoms with Crippen LogP contribution in [-0.2, 0) is 5.41 Å². The summed E-state index contributed by atoms with van der Waals surface area (Å²) in [6.45, 7) is 21.3. The summed E-state index contributed by atoms with van der Waals surface area (Å²) in [6, 6.07) is 14.2. The van der Waals surface area contributed by atoms with Crippen LogP contribution in [0.15, 0.2) is 42.5 Å². The number of aryl methyl sites for hydroxylation is 3. The van der Waals surface area contributed by atoms with E-state index in [0.29, 0.717) is 6.04 Å². The average Bonchev–Trinajstić information content (AvgIpc) is 2.86. The first kappa shape index (κ1) is 19.3. The summed E-state index contributed by atoms with van der Waals surface area (Å²) in [6.07, 6.45) is 2.59. The number of fused-ring (bicyclic) bond motifs is 3. The van der Waals surface area contributed by atoms with Crippen LogP contribution in [-0.4, -0.2) is 11.6 Å². The largest absolute Gasteiger partial charge is 0.355 e. The van der Waals surface area contributed by atoms with Gasteiger partial charge in [0.1, 0.15) is 0 Å². The minimum absolute atomic E-state index is 0.0397. The highest BCUT2D eigenvalue weighted by Crippen LogP contribution is 2.62. The molecule has 4 rings (SSSR count). The molecule has 28 heavy (non-hydrogen) atoms. The molecule has 0 saturated heterocycles. The molecule has 2 aliphatic rings. The standard InChI is InChI=1S/C27H35N/c1-17-13-18(2)15-21(14-17)22-16-27(9)26(7,8)25(5,6)23-12-10-11-19(3)24(23)28(27)20(22)4/h10-16,20H,1-9H3/t20-,27?/m0/s1. The number of hydrogen-bond donors (Lipinski definition) is 0. The van der Waals surface area contributed by atoms with Gasteiger partial charge in [-0.3, -0.25) is 0 Å². The van der Waals surface area contributed by atoms with Gasteiger partial charge in [-0.1, -0.05) is 81.3 Å². The SMILES string of the molecule is Cc1cc(C)cc(C2=CC3(C)N(c4c(C)cccc4C(C)(C)C3(C)C)[C@H]2C)c1. The Morgan fingerprint density at radius 2 is 1.46 bits per heavy atom. The van der Waals surface area contributed by atoms with Gasteiger partial charge in [0.25, 0.3) is 0 Å². The van der Waals surface area contributed by atoms with Crippen LogP contribution < -0.4 is 4.90 Å². The van der Waals surface area contributed by atoms with Crippen LogP contribution in [0.3, 0.4) is 0 Å². The summed E-state index contributed by atoms with van der Waals surface area (Å²) >= 11 is 0. The van der Waals surface area contributed by atoms with E-state index < -0.39 is 0 Å². The predicted molar refractivity (Wildman–Crippen MR) is 122 cm³/mol. The van der Waals surface area contributed by atoms with Crippen molar-refractivity contribution in [3.05, 3.63) is 70.3 Å². The molecule has 2 atom stereocenters. The molecule has 2 aliphatic heterocycles. The van der Waals surface area contributed by atoms with E-state index in [1.807, 2.05) is 0 Å². The Labute approximate surface area is 171 Å². The Morgan fingerprint density at radius 1 is 0.857 bits per heavy atom. The zero-order chi connectivity index (χ0) is 20.6. The van der Waals surface area contributed by atoms with E-state index in [0.717, 1.165) is 0 Å². The van der Waals surface area contributed by atoms with Crippen LogP contribution in [0.25, 0.3) is 5.57 Å². The van der Waals surface area contributed by atoms with Crippen molar-refractivity contribution in [3.8, 4) is 0 Å². The second kappa shape index (κ2) is 5.75. The maximum atomic E-state index is 2.72. The first-order chi connectivity index (χ1) is 12.9. The summed E-state index contributed by atoms with van der Waals surface area (Å²) in [5.41, 5.74) is 9.96. The van der Waals surface area contributed by atoms with Crippen molar-refractivity contribution in [1.82, 2.24) is 0 Å². The zero-order valence-electron chi connectivity index (χ0n) is 19.1. The lowest BCUT2D eigenvalue weighted by molar-refractivity contribution is 0.0983.